The molecular weight excluding hydrogens is 590 g/mol. The topological polar surface area (TPSA) is 87.2 Å². The molecule has 0 atom stereocenters. The molecule has 6 rings (SSSR count). The van der Waals surface area contributed by atoms with Crippen LogP contribution in [0.15, 0.2) is 60.7 Å². The van der Waals surface area contributed by atoms with Crippen LogP contribution in [0.1, 0.15) is 35.2 Å². The number of nitrogens with one attached hydrogen (secondary N) is 2. The summed E-state index contributed by atoms with van der Waals surface area (Å²) in [6.45, 7) is 1.60. The Labute approximate surface area is 249 Å². The van der Waals surface area contributed by atoms with Crippen LogP contribution in [0.25, 0.3) is 22.3 Å². The first-order valence-corrected chi connectivity index (χ1v) is 14.1. The number of hydrogen-bond donors (Lipinski definition) is 2. The molecule has 7 nitrogen and oxygen atoms in total. The average Bonchev–Trinajstić information content (AvgIpc) is 3.74. The predicted molar refractivity (Wildman–Crippen MR) is 156 cm³/mol. The van der Waals surface area contributed by atoms with E-state index in [1.54, 1.807) is 30.3 Å². The summed E-state index contributed by atoms with van der Waals surface area (Å²) in [6, 6.07) is 17.1. The van der Waals surface area contributed by atoms with Gasteiger partial charge in [0.1, 0.15) is 11.2 Å². The number of rotatable bonds is 7. The first-order valence-electron chi connectivity index (χ1n) is 13.3. The number of nitrogens with zero attached hydrogens (tertiary/aromatic N) is 3. The number of halogens is 5. The molecule has 0 bridgehead atoms. The number of aromatic nitrogens is 2. The Bertz CT molecular complexity index is 1700. The lowest BCUT2D eigenvalue weighted by atomic mass is 10.1. The van der Waals surface area contributed by atoms with Gasteiger partial charge in [0, 0.05) is 41.3 Å². The quantitative estimate of drug-likeness (QED) is 0.234. The van der Waals surface area contributed by atoms with Gasteiger partial charge < -0.3 is 15.5 Å². The summed E-state index contributed by atoms with van der Waals surface area (Å²) in [4.78, 5) is 37.2. The van der Waals surface area contributed by atoms with Gasteiger partial charge in [0.15, 0.2) is 5.82 Å². The van der Waals surface area contributed by atoms with Gasteiger partial charge in [-0.2, -0.15) is 13.2 Å². The SMILES string of the molecule is O=C(Nc1ccc2c(N3CCC3)nc(-c3ccc(Cl)cc3)nc2c1)c1cc(CNC(=O)C2(C(F)(F)F)CC2)ccc1Cl. The zero-order chi connectivity index (χ0) is 29.6. The Morgan fingerprint density at radius 2 is 1.69 bits per heavy atom. The zero-order valence-corrected chi connectivity index (χ0v) is 23.6. The highest BCUT2D eigenvalue weighted by Crippen LogP contribution is 2.57. The van der Waals surface area contributed by atoms with E-state index in [-0.39, 0.29) is 30.0 Å². The lowest BCUT2D eigenvalue weighted by Crippen LogP contribution is -2.40. The van der Waals surface area contributed by atoms with Crippen LogP contribution in [0.5, 0.6) is 0 Å². The first-order chi connectivity index (χ1) is 20.0. The summed E-state index contributed by atoms with van der Waals surface area (Å²) in [6.07, 6.45) is -3.98. The molecule has 0 spiro atoms. The summed E-state index contributed by atoms with van der Waals surface area (Å²) in [5.74, 6) is -0.243. The Balaban J connectivity index is 1.23. The third-order valence-corrected chi connectivity index (χ3v) is 8.23. The summed E-state index contributed by atoms with van der Waals surface area (Å²) >= 11 is 12.4. The third-order valence-electron chi connectivity index (χ3n) is 7.65. The highest BCUT2D eigenvalue weighted by atomic mass is 35.5. The largest absolute Gasteiger partial charge is 0.403 e. The molecule has 1 aliphatic heterocycles. The van der Waals surface area contributed by atoms with Crippen LogP contribution >= 0.6 is 23.2 Å². The maximum atomic E-state index is 13.3. The molecular formula is C30H24Cl2F3N5O2. The van der Waals surface area contributed by atoms with Crippen molar-refractivity contribution in [3.63, 3.8) is 0 Å². The van der Waals surface area contributed by atoms with E-state index in [1.165, 1.54) is 12.1 Å². The minimum atomic E-state index is -4.60. The minimum absolute atomic E-state index is 0.117. The highest BCUT2D eigenvalue weighted by molar-refractivity contribution is 6.34. The molecule has 4 aromatic rings. The molecule has 1 saturated heterocycles. The third kappa shape index (κ3) is 5.36. The molecule has 2 heterocycles. The van der Waals surface area contributed by atoms with E-state index in [4.69, 9.17) is 33.2 Å². The van der Waals surface area contributed by atoms with Crippen LogP contribution < -0.4 is 15.5 Å². The fourth-order valence-corrected chi connectivity index (χ4v) is 5.19. The van der Waals surface area contributed by atoms with Crippen molar-refractivity contribution in [1.29, 1.82) is 0 Å². The van der Waals surface area contributed by atoms with Gasteiger partial charge in [-0.3, -0.25) is 9.59 Å². The van der Waals surface area contributed by atoms with Crippen molar-refractivity contribution >= 4 is 57.4 Å². The molecule has 42 heavy (non-hydrogen) atoms. The molecule has 2 N–H and O–H groups in total. The Hall–Kier alpha value is -3.89. The molecule has 12 heteroatoms. The van der Waals surface area contributed by atoms with Crippen molar-refractivity contribution in [3.8, 4) is 11.4 Å². The Morgan fingerprint density at radius 3 is 2.33 bits per heavy atom. The second-order valence-corrected chi connectivity index (χ2v) is 11.3. The number of carbonyl (C=O) groups is 2. The van der Waals surface area contributed by atoms with Crippen molar-refractivity contribution in [1.82, 2.24) is 15.3 Å². The van der Waals surface area contributed by atoms with Gasteiger partial charge in [-0.25, -0.2) is 9.97 Å². The summed E-state index contributed by atoms with van der Waals surface area (Å²) in [5, 5.41) is 6.78. The Kier molecular flexibility index (Phi) is 7.22. The molecule has 216 valence electrons. The first kappa shape index (κ1) is 28.2. The molecule has 2 aliphatic rings. The van der Waals surface area contributed by atoms with Crippen molar-refractivity contribution in [2.24, 2.45) is 5.41 Å². The standard InChI is InChI=1S/C30H24Cl2F3N5O2/c31-19-5-3-18(4-6-19)25-38-24-15-20(7-8-21(24)26(39-25)40-12-1-13-40)37-27(41)22-14-17(2-9-23(22)32)16-36-28(42)29(10-11-29)30(33,34)35/h2-9,14-15H,1,10-13,16H2,(H,36,42)(H,37,41). The van der Waals surface area contributed by atoms with Crippen LogP contribution in [0.4, 0.5) is 24.7 Å². The Morgan fingerprint density at radius 1 is 0.952 bits per heavy atom. The van der Waals surface area contributed by atoms with Gasteiger partial charge >= 0.3 is 6.18 Å². The molecule has 0 radical (unpaired) electrons. The number of fused-ring (bicyclic) bond motifs is 1. The number of carbonyl (C=O) groups excluding carboxylic acids is 2. The van der Waals surface area contributed by atoms with E-state index < -0.39 is 23.4 Å². The maximum absolute atomic E-state index is 13.3. The second kappa shape index (κ2) is 10.7. The van der Waals surface area contributed by atoms with Crippen molar-refractivity contribution in [2.75, 3.05) is 23.3 Å². The smallest absolute Gasteiger partial charge is 0.356 e. The second-order valence-electron chi connectivity index (χ2n) is 10.5. The molecule has 2 amide bonds. The number of alkyl halides is 3. The van der Waals surface area contributed by atoms with E-state index >= 15 is 0 Å². The molecule has 2 fully saturated rings. The summed E-state index contributed by atoms with van der Waals surface area (Å²) < 4.78 is 39.8. The van der Waals surface area contributed by atoms with Crippen molar-refractivity contribution in [3.05, 3.63) is 81.8 Å². The van der Waals surface area contributed by atoms with E-state index in [0.717, 1.165) is 36.3 Å². The van der Waals surface area contributed by atoms with Crippen LogP contribution in [0.2, 0.25) is 10.0 Å². The van der Waals surface area contributed by atoms with Crippen molar-refractivity contribution < 1.29 is 22.8 Å². The van der Waals surface area contributed by atoms with E-state index in [1.807, 2.05) is 18.2 Å². The van der Waals surface area contributed by atoms with Crippen LogP contribution in [0, 0.1) is 5.41 Å². The van der Waals surface area contributed by atoms with Gasteiger partial charge in [0.25, 0.3) is 5.91 Å². The molecule has 1 aliphatic carbocycles. The highest BCUT2D eigenvalue weighted by Gasteiger charge is 2.68. The molecule has 1 aromatic heterocycles. The predicted octanol–water partition coefficient (Wildman–Crippen LogP) is 7.02. The number of amides is 2. The van der Waals surface area contributed by atoms with E-state index in [0.29, 0.717) is 27.6 Å². The normalized spacial score (nSPS) is 15.7. The lowest BCUT2D eigenvalue weighted by molar-refractivity contribution is -0.192. The summed E-state index contributed by atoms with van der Waals surface area (Å²) in [7, 11) is 0. The summed E-state index contributed by atoms with van der Waals surface area (Å²) in [5.41, 5.74) is 0.146. The monoisotopic (exact) mass is 613 g/mol. The van der Waals surface area contributed by atoms with Crippen LogP contribution in [-0.2, 0) is 11.3 Å². The lowest BCUT2D eigenvalue weighted by Gasteiger charge is -2.33. The van der Waals surface area contributed by atoms with Gasteiger partial charge in [0.2, 0.25) is 5.91 Å². The van der Waals surface area contributed by atoms with E-state index in [2.05, 4.69) is 15.5 Å². The van der Waals surface area contributed by atoms with E-state index in [9.17, 15) is 22.8 Å². The molecule has 0 unspecified atom stereocenters. The maximum Gasteiger partial charge on any atom is 0.403 e. The van der Waals surface area contributed by atoms with Crippen molar-refractivity contribution in [2.45, 2.75) is 32.0 Å². The molecule has 1 saturated carbocycles. The number of hydrogen-bond acceptors (Lipinski definition) is 5. The van der Waals surface area contributed by atoms with Crippen LogP contribution in [0.3, 0.4) is 0 Å². The fraction of sp³-hybridized carbons (Fsp3) is 0.267. The van der Waals surface area contributed by atoms with Crippen LogP contribution in [-0.4, -0.2) is 41.0 Å². The fourth-order valence-electron chi connectivity index (χ4n) is 4.86. The van der Waals surface area contributed by atoms with Gasteiger partial charge in [-0.1, -0.05) is 29.3 Å². The van der Waals surface area contributed by atoms with Gasteiger partial charge in [0.05, 0.1) is 16.1 Å². The van der Waals surface area contributed by atoms with Gasteiger partial charge in [-0.05, 0) is 79.4 Å². The number of anilines is 2. The van der Waals surface area contributed by atoms with Gasteiger partial charge in [-0.15, -0.1) is 0 Å². The zero-order valence-electron chi connectivity index (χ0n) is 22.1. The average molecular weight is 614 g/mol. The minimum Gasteiger partial charge on any atom is -0.356 e. The molecule has 3 aromatic carbocycles. The number of benzene rings is 3.